The standard InChI is InChI=1S/C18H26N4O3/c1-20(2)10-8-19-18(23)15-12-13-11-14(22(24)25)6-7-16(13)21-9-4-3-5-17(15)21/h6-7,11,15,17H,3-5,8-10,12H2,1-2H3,(H,19,23)/t15-,17-/m0/s1. The second-order valence-corrected chi connectivity index (χ2v) is 7.23. The Balaban J connectivity index is 1.83. The Morgan fingerprint density at radius 1 is 1.40 bits per heavy atom. The van der Waals surface area contributed by atoms with Crippen molar-refractivity contribution in [2.75, 3.05) is 38.6 Å². The molecule has 0 aromatic heterocycles. The fourth-order valence-corrected chi connectivity index (χ4v) is 3.98. The number of piperidine rings is 1. The summed E-state index contributed by atoms with van der Waals surface area (Å²) in [4.78, 5) is 27.8. The number of hydrogen-bond acceptors (Lipinski definition) is 5. The lowest BCUT2D eigenvalue weighted by Crippen LogP contribution is -2.53. The lowest BCUT2D eigenvalue weighted by molar-refractivity contribution is -0.384. The van der Waals surface area contributed by atoms with Crippen LogP contribution in [0.25, 0.3) is 0 Å². The molecule has 2 atom stereocenters. The molecule has 7 heteroatoms. The van der Waals surface area contributed by atoms with Gasteiger partial charge in [0, 0.05) is 43.5 Å². The number of nitro benzene ring substituents is 1. The molecule has 3 rings (SSSR count). The van der Waals surface area contributed by atoms with Crippen LogP contribution in [0.2, 0.25) is 0 Å². The number of fused-ring (bicyclic) bond motifs is 3. The van der Waals surface area contributed by atoms with Gasteiger partial charge in [0.15, 0.2) is 0 Å². The van der Waals surface area contributed by atoms with Crippen LogP contribution in [0.15, 0.2) is 18.2 Å². The molecule has 1 amide bonds. The zero-order chi connectivity index (χ0) is 18.0. The summed E-state index contributed by atoms with van der Waals surface area (Å²) in [5.74, 6) is -0.0760. The van der Waals surface area contributed by atoms with E-state index >= 15 is 0 Å². The van der Waals surface area contributed by atoms with Crippen LogP contribution < -0.4 is 10.2 Å². The number of carbonyl (C=O) groups excluding carboxylic acids is 1. The first-order valence-corrected chi connectivity index (χ1v) is 8.94. The Morgan fingerprint density at radius 2 is 2.20 bits per heavy atom. The van der Waals surface area contributed by atoms with Crippen LogP contribution in [-0.2, 0) is 11.2 Å². The van der Waals surface area contributed by atoms with Crippen LogP contribution in [-0.4, -0.2) is 55.5 Å². The molecule has 0 radical (unpaired) electrons. The van der Waals surface area contributed by atoms with Crippen LogP contribution >= 0.6 is 0 Å². The highest BCUT2D eigenvalue weighted by Crippen LogP contribution is 2.39. The molecule has 0 saturated carbocycles. The van der Waals surface area contributed by atoms with E-state index in [2.05, 4.69) is 10.2 Å². The summed E-state index contributed by atoms with van der Waals surface area (Å²) in [6, 6.07) is 5.26. The highest BCUT2D eigenvalue weighted by molar-refractivity contribution is 5.82. The van der Waals surface area contributed by atoms with Gasteiger partial charge < -0.3 is 15.1 Å². The molecule has 2 aliphatic heterocycles. The van der Waals surface area contributed by atoms with Crippen molar-refractivity contribution < 1.29 is 9.72 Å². The largest absolute Gasteiger partial charge is 0.368 e. The van der Waals surface area contributed by atoms with Crippen molar-refractivity contribution in [3.05, 3.63) is 33.9 Å². The van der Waals surface area contributed by atoms with Crippen LogP contribution in [0.5, 0.6) is 0 Å². The highest BCUT2D eigenvalue weighted by Gasteiger charge is 2.39. The molecule has 1 aromatic carbocycles. The van der Waals surface area contributed by atoms with E-state index in [-0.39, 0.29) is 28.5 Å². The van der Waals surface area contributed by atoms with Crippen LogP contribution in [0.4, 0.5) is 11.4 Å². The Kier molecular flexibility index (Phi) is 5.22. The summed E-state index contributed by atoms with van der Waals surface area (Å²) < 4.78 is 0. The summed E-state index contributed by atoms with van der Waals surface area (Å²) in [6.07, 6.45) is 3.81. The van der Waals surface area contributed by atoms with Gasteiger partial charge in [-0.05, 0) is 51.4 Å². The first kappa shape index (κ1) is 17.7. The average Bonchev–Trinajstić information content (AvgIpc) is 2.60. The molecule has 0 bridgehead atoms. The number of nitrogens with one attached hydrogen (secondary N) is 1. The smallest absolute Gasteiger partial charge is 0.269 e. The molecule has 1 fully saturated rings. The second kappa shape index (κ2) is 7.39. The summed E-state index contributed by atoms with van der Waals surface area (Å²) in [5, 5.41) is 14.1. The predicted molar refractivity (Wildman–Crippen MR) is 96.8 cm³/mol. The predicted octanol–water partition coefficient (Wildman–Crippen LogP) is 1.80. The summed E-state index contributed by atoms with van der Waals surface area (Å²) in [7, 11) is 3.95. The molecule has 1 N–H and O–H groups in total. The molecule has 1 aromatic rings. The molecule has 2 heterocycles. The van der Waals surface area contributed by atoms with Gasteiger partial charge in [-0.25, -0.2) is 0 Å². The van der Waals surface area contributed by atoms with Crippen molar-refractivity contribution >= 4 is 17.3 Å². The fraction of sp³-hybridized carbons (Fsp3) is 0.611. The molecule has 2 aliphatic rings. The van der Waals surface area contributed by atoms with E-state index in [0.717, 1.165) is 43.6 Å². The molecule has 136 valence electrons. The van der Waals surface area contributed by atoms with Crippen LogP contribution in [0, 0.1) is 16.0 Å². The van der Waals surface area contributed by atoms with Gasteiger partial charge in [-0.1, -0.05) is 0 Å². The monoisotopic (exact) mass is 346 g/mol. The Labute approximate surface area is 148 Å². The molecule has 0 unspecified atom stereocenters. The van der Waals surface area contributed by atoms with E-state index in [1.54, 1.807) is 12.1 Å². The van der Waals surface area contributed by atoms with Gasteiger partial charge >= 0.3 is 0 Å². The number of benzene rings is 1. The molecule has 7 nitrogen and oxygen atoms in total. The quantitative estimate of drug-likeness (QED) is 0.650. The van der Waals surface area contributed by atoms with Crippen LogP contribution in [0.3, 0.4) is 0 Å². The summed E-state index contributed by atoms with van der Waals surface area (Å²) in [6.45, 7) is 2.34. The SMILES string of the molecule is CN(C)CCNC(=O)[C@H]1Cc2cc([N+](=O)[O-])ccc2N2CCCC[C@@H]12. The summed E-state index contributed by atoms with van der Waals surface area (Å²) in [5.41, 5.74) is 2.08. The molecule has 1 saturated heterocycles. The molecule has 0 aliphatic carbocycles. The third-order valence-corrected chi connectivity index (χ3v) is 5.23. The Hall–Kier alpha value is -2.15. The maximum Gasteiger partial charge on any atom is 0.269 e. The number of likely N-dealkylation sites (N-methyl/N-ethyl adjacent to an activating group) is 1. The van der Waals surface area contributed by atoms with Gasteiger partial charge in [0.1, 0.15) is 0 Å². The van der Waals surface area contributed by atoms with Crippen molar-refractivity contribution in [3.63, 3.8) is 0 Å². The Bertz CT molecular complexity index is 662. The Morgan fingerprint density at radius 3 is 2.92 bits per heavy atom. The maximum absolute atomic E-state index is 12.8. The first-order chi connectivity index (χ1) is 12.0. The van der Waals surface area contributed by atoms with E-state index < -0.39 is 0 Å². The summed E-state index contributed by atoms with van der Waals surface area (Å²) >= 11 is 0. The number of hydrogen-bond donors (Lipinski definition) is 1. The number of non-ortho nitro benzene ring substituents is 1. The van der Waals surface area contributed by atoms with E-state index in [1.165, 1.54) is 0 Å². The third-order valence-electron chi connectivity index (χ3n) is 5.23. The van der Waals surface area contributed by atoms with E-state index in [0.29, 0.717) is 13.0 Å². The van der Waals surface area contributed by atoms with Crippen molar-refractivity contribution in [2.24, 2.45) is 5.92 Å². The average molecular weight is 346 g/mol. The van der Waals surface area contributed by atoms with Crippen molar-refractivity contribution in [2.45, 2.75) is 31.7 Å². The first-order valence-electron chi connectivity index (χ1n) is 8.94. The second-order valence-electron chi connectivity index (χ2n) is 7.23. The minimum Gasteiger partial charge on any atom is -0.368 e. The molecular formula is C18H26N4O3. The van der Waals surface area contributed by atoms with E-state index in [4.69, 9.17) is 0 Å². The zero-order valence-corrected chi connectivity index (χ0v) is 14.9. The number of amides is 1. The minimum atomic E-state index is -0.366. The van der Waals surface area contributed by atoms with Crippen molar-refractivity contribution in [3.8, 4) is 0 Å². The van der Waals surface area contributed by atoms with E-state index in [9.17, 15) is 14.9 Å². The molecule has 0 spiro atoms. The number of carbonyl (C=O) groups is 1. The maximum atomic E-state index is 12.8. The van der Waals surface area contributed by atoms with Crippen molar-refractivity contribution in [1.82, 2.24) is 10.2 Å². The van der Waals surface area contributed by atoms with E-state index in [1.807, 2.05) is 25.1 Å². The fourth-order valence-electron chi connectivity index (χ4n) is 3.98. The number of nitro groups is 1. The van der Waals surface area contributed by atoms with Gasteiger partial charge in [-0.3, -0.25) is 14.9 Å². The number of nitrogens with zero attached hydrogens (tertiary/aromatic N) is 3. The highest BCUT2D eigenvalue weighted by atomic mass is 16.6. The van der Waals surface area contributed by atoms with Crippen molar-refractivity contribution in [1.29, 1.82) is 0 Å². The topological polar surface area (TPSA) is 78.7 Å². The lowest BCUT2D eigenvalue weighted by Gasteiger charge is -2.45. The zero-order valence-electron chi connectivity index (χ0n) is 14.9. The van der Waals surface area contributed by atoms with Gasteiger partial charge in [0.2, 0.25) is 5.91 Å². The van der Waals surface area contributed by atoms with Gasteiger partial charge in [0.05, 0.1) is 10.8 Å². The normalized spacial score (nSPS) is 22.3. The van der Waals surface area contributed by atoms with Gasteiger partial charge in [-0.15, -0.1) is 0 Å². The minimum absolute atomic E-state index is 0.0657. The molecule has 25 heavy (non-hydrogen) atoms. The third kappa shape index (κ3) is 3.76. The number of rotatable bonds is 5. The van der Waals surface area contributed by atoms with Crippen LogP contribution in [0.1, 0.15) is 24.8 Å². The lowest BCUT2D eigenvalue weighted by atomic mass is 9.80. The number of anilines is 1. The van der Waals surface area contributed by atoms with Gasteiger partial charge in [-0.2, -0.15) is 0 Å². The molecular weight excluding hydrogens is 320 g/mol. The van der Waals surface area contributed by atoms with Gasteiger partial charge in [0.25, 0.3) is 5.69 Å².